The fourth-order valence-corrected chi connectivity index (χ4v) is 3.10. The SMILES string of the molecule is Cc1cccc(C)c1NC(=O)C(c1ccccc1)N(C)C(=O)c1cnccn1. The molecule has 1 aromatic heterocycles. The van der Waals surface area contributed by atoms with Gasteiger partial charge < -0.3 is 10.2 Å². The smallest absolute Gasteiger partial charge is 0.274 e. The topological polar surface area (TPSA) is 75.2 Å². The molecule has 0 saturated heterocycles. The van der Waals surface area contributed by atoms with Crippen LogP contribution in [0.25, 0.3) is 0 Å². The molecule has 2 amide bonds. The molecular formula is C22H22N4O2. The van der Waals surface area contributed by atoms with Gasteiger partial charge in [0.05, 0.1) is 6.20 Å². The maximum absolute atomic E-state index is 13.3. The van der Waals surface area contributed by atoms with Crippen molar-refractivity contribution in [2.24, 2.45) is 0 Å². The van der Waals surface area contributed by atoms with Gasteiger partial charge in [-0.15, -0.1) is 0 Å². The van der Waals surface area contributed by atoms with Crippen molar-refractivity contribution in [2.75, 3.05) is 12.4 Å². The highest BCUT2D eigenvalue weighted by Gasteiger charge is 2.30. The quantitative estimate of drug-likeness (QED) is 0.741. The predicted octanol–water partition coefficient (Wildman–Crippen LogP) is 3.55. The van der Waals surface area contributed by atoms with Crippen LogP contribution < -0.4 is 5.32 Å². The maximum atomic E-state index is 13.3. The van der Waals surface area contributed by atoms with Crippen LogP contribution in [-0.4, -0.2) is 33.7 Å². The highest BCUT2D eigenvalue weighted by molar-refractivity contribution is 6.01. The molecule has 2 aromatic carbocycles. The Kier molecular flexibility index (Phi) is 5.79. The summed E-state index contributed by atoms with van der Waals surface area (Å²) >= 11 is 0. The molecule has 3 aromatic rings. The standard InChI is InChI=1S/C22H22N4O2/c1-15-8-7-9-16(2)19(15)25-21(27)20(17-10-5-4-6-11-17)26(3)22(28)18-14-23-12-13-24-18/h4-14,20H,1-3H3,(H,25,27). The number of carbonyl (C=O) groups is 2. The summed E-state index contributed by atoms with van der Waals surface area (Å²) < 4.78 is 0. The van der Waals surface area contributed by atoms with E-state index in [0.717, 1.165) is 16.8 Å². The van der Waals surface area contributed by atoms with Crippen molar-refractivity contribution in [3.8, 4) is 0 Å². The summed E-state index contributed by atoms with van der Waals surface area (Å²) in [5.74, 6) is -0.665. The van der Waals surface area contributed by atoms with Gasteiger partial charge in [-0.1, -0.05) is 48.5 Å². The zero-order valence-corrected chi connectivity index (χ0v) is 16.1. The molecular weight excluding hydrogens is 352 g/mol. The largest absolute Gasteiger partial charge is 0.324 e. The average Bonchev–Trinajstić information content (AvgIpc) is 2.72. The summed E-state index contributed by atoms with van der Waals surface area (Å²) in [5.41, 5.74) is 3.58. The second-order valence-electron chi connectivity index (χ2n) is 6.58. The summed E-state index contributed by atoms with van der Waals surface area (Å²) in [6, 6.07) is 14.2. The van der Waals surface area contributed by atoms with Crippen molar-refractivity contribution in [3.63, 3.8) is 0 Å². The van der Waals surface area contributed by atoms with Crippen molar-refractivity contribution >= 4 is 17.5 Å². The lowest BCUT2D eigenvalue weighted by Gasteiger charge is -2.28. The highest BCUT2D eigenvalue weighted by atomic mass is 16.2. The van der Waals surface area contributed by atoms with Crippen LogP contribution in [0.1, 0.15) is 33.2 Å². The summed E-state index contributed by atoms with van der Waals surface area (Å²) in [4.78, 5) is 35.5. The third-order valence-corrected chi connectivity index (χ3v) is 4.58. The van der Waals surface area contributed by atoms with Crippen LogP contribution in [0.2, 0.25) is 0 Å². The minimum Gasteiger partial charge on any atom is -0.324 e. The molecule has 0 aliphatic heterocycles. The Balaban J connectivity index is 1.95. The first-order valence-corrected chi connectivity index (χ1v) is 8.94. The molecule has 28 heavy (non-hydrogen) atoms. The Morgan fingerprint density at radius 2 is 1.64 bits per heavy atom. The Hall–Kier alpha value is -3.54. The predicted molar refractivity (Wildman–Crippen MR) is 108 cm³/mol. The fraction of sp³-hybridized carbons (Fsp3) is 0.182. The number of hydrogen-bond acceptors (Lipinski definition) is 4. The van der Waals surface area contributed by atoms with Gasteiger partial charge in [0.1, 0.15) is 11.7 Å². The van der Waals surface area contributed by atoms with Gasteiger partial charge in [-0.2, -0.15) is 0 Å². The summed E-state index contributed by atoms with van der Waals surface area (Å²) in [6.45, 7) is 3.88. The summed E-state index contributed by atoms with van der Waals surface area (Å²) in [7, 11) is 1.60. The van der Waals surface area contributed by atoms with Gasteiger partial charge in [0.25, 0.3) is 11.8 Å². The molecule has 1 N–H and O–H groups in total. The number of para-hydroxylation sites is 1. The maximum Gasteiger partial charge on any atom is 0.274 e. The fourth-order valence-electron chi connectivity index (χ4n) is 3.10. The first kappa shape index (κ1) is 19.2. The lowest BCUT2D eigenvalue weighted by Crippen LogP contribution is -2.39. The van der Waals surface area contributed by atoms with E-state index in [0.29, 0.717) is 5.56 Å². The molecule has 3 rings (SSSR count). The highest BCUT2D eigenvalue weighted by Crippen LogP contribution is 2.26. The van der Waals surface area contributed by atoms with Gasteiger partial charge in [-0.3, -0.25) is 14.6 Å². The Labute approximate surface area is 164 Å². The van der Waals surface area contributed by atoms with Crippen molar-refractivity contribution in [3.05, 3.63) is 89.5 Å². The Morgan fingerprint density at radius 3 is 2.25 bits per heavy atom. The van der Waals surface area contributed by atoms with Crippen molar-refractivity contribution < 1.29 is 9.59 Å². The first-order chi connectivity index (χ1) is 13.5. The van der Waals surface area contributed by atoms with Gasteiger partial charge in [0, 0.05) is 25.1 Å². The van der Waals surface area contributed by atoms with Crippen LogP contribution in [0.15, 0.2) is 67.1 Å². The third-order valence-electron chi connectivity index (χ3n) is 4.58. The van der Waals surface area contributed by atoms with Crippen molar-refractivity contribution in [2.45, 2.75) is 19.9 Å². The normalized spacial score (nSPS) is 11.5. The van der Waals surface area contributed by atoms with E-state index in [4.69, 9.17) is 0 Å². The number of likely N-dealkylation sites (N-methyl/N-ethyl adjacent to an activating group) is 1. The van der Waals surface area contributed by atoms with Crippen molar-refractivity contribution in [1.82, 2.24) is 14.9 Å². The Morgan fingerprint density at radius 1 is 0.964 bits per heavy atom. The number of amides is 2. The molecule has 0 spiro atoms. The second-order valence-corrected chi connectivity index (χ2v) is 6.58. The van der Waals surface area contributed by atoms with Crippen LogP contribution >= 0.6 is 0 Å². The summed E-state index contributed by atoms with van der Waals surface area (Å²) in [5, 5.41) is 3.00. The molecule has 1 unspecified atom stereocenters. The lowest BCUT2D eigenvalue weighted by atomic mass is 10.0. The number of carbonyl (C=O) groups excluding carboxylic acids is 2. The van der Waals surface area contributed by atoms with E-state index in [9.17, 15) is 9.59 Å². The van der Waals surface area contributed by atoms with Gasteiger partial charge in [0.15, 0.2) is 0 Å². The second kappa shape index (κ2) is 8.43. The first-order valence-electron chi connectivity index (χ1n) is 8.94. The van der Waals surface area contributed by atoms with Gasteiger partial charge >= 0.3 is 0 Å². The molecule has 0 radical (unpaired) electrons. The number of hydrogen-bond donors (Lipinski definition) is 1. The van der Waals surface area contributed by atoms with Crippen LogP contribution in [0.5, 0.6) is 0 Å². The number of aromatic nitrogens is 2. The molecule has 6 nitrogen and oxygen atoms in total. The number of nitrogens with one attached hydrogen (secondary N) is 1. The van der Waals surface area contributed by atoms with E-state index in [2.05, 4.69) is 15.3 Å². The van der Waals surface area contributed by atoms with Gasteiger partial charge in [0.2, 0.25) is 0 Å². The van der Waals surface area contributed by atoms with Crippen LogP contribution in [0.4, 0.5) is 5.69 Å². The number of anilines is 1. The van der Waals surface area contributed by atoms with E-state index >= 15 is 0 Å². The minimum atomic E-state index is -0.810. The molecule has 0 aliphatic carbocycles. The van der Waals surface area contributed by atoms with E-state index < -0.39 is 6.04 Å². The van der Waals surface area contributed by atoms with Crippen LogP contribution in [-0.2, 0) is 4.79 Å². The van der Waals surface area contributed by atoms with E-state index in [1.54, 1.807) is 7.05 Å². The van der Waals surface area contributed by atoms with Crippen LogP contribution in [0.3, 0.4) is 0 Å². The number of benzene rings is 2. The van der Waals surface area contributed by atoms with Gasteiger partial charge in [-0.05, 0) is 30.5 Å². The number of rotatable bonds is 5. The molecule has 6 heteroatoms. The lowest BCUT2D eigenvalue weighted by molar-refractivity contribution is -0.120. The van der Waals surface area contributed by atoms with Crippen LogP contribution in [0, 0.1) is 13.8 Å². The molecule has 0 fully saturated rings. The minimum absolute atomic E-state index is 0.186. The molecule has 1 heterocycles. The van der Waals surface area contributed by atoms with E-state index in [-0.39, 0.29) is 17.5 Å². The molecule has 142 valence electrons. The molecule has 0 saturated carbocycles. The van der Waals surface area contributed by atoms with Crippen molar-refractivity contribution in [1.29, 1.82) is 0 Å². The zero-order valence-electron chi connectivity index (χ0n) is 16.1. The molecule has 0 aliphatic rings. The number of aryl methyl sites for hydroxylation is 2. The summed E-state index contributed by atoms with van der Waals surface area (Å²) in [6.07, 6.45) is 4.35. The van der Waals surface area contributed by atoms with E-state index in [1.165, 1.54) is 23.5 Å². The Bertz CT molecular complexity index is 954. The average molecular weight is 374 g/mol. The van der Waals surface area contributed by atoms with Gasteiger partial charge in [-0.25, -0.2) is 4.98 Å². The third kappa shape index (κ3) is 4.06. The monoisotopic (exact) mass is 374 g/mol. The zero-order chi connectivity index (χ0) is 20.1. The van der Waals surface area contributed by atoms with E-state index in [1.807, 2.05) is 62.4 Å². The number of nitrogens with zero attached hydrogens (tertiary/aromatic N) is 3. The molecule has 1 atom stereocenters. The molecule has 0 bridgehead atoms.